The Morgan fingerprint density at radius 1 is 0.682 bits per heavy atom. The molecule has 2 nitrogen and oxygen atoms in total. The van der Waals surface area contributed by atoms with Gasteiger partial charge in [-0.05, 0) is 0 Å². The van der Waals surface area contributed by atoms with E-state index in [1.54, 1.807) is 62.4 Å². The molecule has 0 unspecified atom stereocenters. The molecule has 0 saturated carbocycles. The largest absolute Gasteiger partial charge is 3.00 e. The zero-order chi connectivity index (χ0) is 16.1. The smallest absolute Gasteiger partial charge is 0.346 e. The van der Waals surface area contributed by atoms with Crippen LogP contribution in [0.2, 0.25) is 0 Å². The van der Waals surface area contributed by atoms with E-state index in [4.69, 9.17) is 0 Å². The summed E-state index contributed by atoms with van der Waals surface area (Å²) in [7, 11) is 0. The number of carbonyl (C=O) groups excluding carboxylic acids is 2. The molecule has 2 aromatic rings. The molecule has 3 heteroatoms. The Balaban J connectivity index is 0. The average Bonchev–Trinajstić information content (AvgIpc) is 2.60. The van der Waals surface area contributed by atoms with Crippen LogP contribution in [0.3, 0.4) is 0 Å². The molecule has 0 saturated heterocycles. The third-order valence-corrected chi connectivity index (χ3v) is 2.38. The van der Waals surface area contributed by atoms with Crippen molar-refractivity contribution in [3.8, 4) is 0 Å². The van der Waals surface area contributed by atoms with Crippen LogP contribution >= 0.6 is 0 Å². The summed E-state index contributed by atoms with van der Waals surface area (Å²) in [5, 5.41) is 0. The van der Waals surface area contributed by atoms with Crippen molar-refractivity contribution in [2.45, 2.75) is 13.8 Å². The van der Waals surface area contributed by atoms with E-state index in [1.165, 1.54) is 0 Å². The predicted molar refractivity (Wildman–Crippen MR) is 93.7 cm³/mol. The van der Waals surface area contributed by atoms with Crippen LogP contribution in [-0.4, -0.2) is 38.9 Å². The van der Waals surface area contributed by atoms with Gasteiger partial charge in [-0.25, -0.2) is 0 Å². The maximum absolute atomic E-state index is 11.8. The maximum atomic E-state index is 11.8. The summed E-state index contributed by atoms with van der Waals surface area (Å²) in [5.41, 5.74) is 1.05. The summed E-state index contributed by atoms with van der Waals surface area (Å²) >= 11 is 0. The molecule has 2 aromatic carbocycles. The second kappa shape index (κ2) is 14.5. The molecule has 22 heavy (non-hydrogen) atoms. The summed E-state index contributed by atoms with van der Waals surface area (Å²) in [6, 6.07) is 17.5. The zero-order valence-electron chi connectivity index (χ0n) is 13.2. The SMILES string of the molecule is O=C([CH-]C(=O)c1ccccc1)c1ccccc1.[CH2-]C.[CH2-]C.[Tl+3]. The maximum Gasteiger partial charge on any atom is 3.00 e. The van der Waals surface area contributed by atoms with Gasteiger partial charge in [0.1, 0.15) is 0 Å². The van der Waals surface area contributed by atoms with Crippen LogP contribution in [0.15, 0.2) is 60.7 Å². The number of rotatable bonds is 4. The molecule has 0 N–H and O–H groups in total. The minimum absolute atomic E-state index is 0. The minimum Gasteiger partial charge on any atom is -0.346 e. The van der Waals surface area contributed by atoms with Crippen LogP contribution in [0, 0.1) is 20.3 Å². The fourth-order valence-corrected chi connectivity index (χ4v) is 1.49. The standard InChI is InChI=1S/C15H11O2.2C2H5.Tl/c16-14(12-7-3-1-4-8-12)11-15(17)13-9-5-2-6-10-13;2*1-2;/h1-11H;2*1H2,2H3;/q3*-1;+3. The molecular weight excluding hydrogens is 465 g/mol. The fraction of sp³-hybridized carbons (Fsp3) is 0.105. The molecule has 0 heterocycles. The van der Waals surface area contributed by atoms with E-state index in [9.17, 15) is 9.59 Å². The van der Waals surface area contributed by atoms with Crippen molar-refractivity contribution >= 4 is 38.9 Å². The van der Waals surface area contributed by atoms with Gasteiger partial charge < -0.3 is 23.4 Å². The van der Waals surface area contributed by atoms with Gasteiger partial charge in [-0.2, -0.15) is 13.8 Å². The van der Waals surface area contributed by atoms with Gasteiger partial charge in [0.15, 0.2) is 0 Å². The summed E-state index contributed by atoms with van der Waals surface area (Å²) < 4.78 is 0. The summed E-state index contributed by atoms with van der Waals surface area (Å²) in [6.07, 6.45) is 1.13. The van der Waals surface area contributed by atoms with Gasteiger partial charge in [-0.3, -0.25) is 0 Å². The van der Waals surface area contributed by atoms with E-state index in [-0.39, 0.29) is 38.9 Å². The third-order valence-electron chi connectivity index (χ3n) is 2.38. The van der Waals surface area contributed by atoms with Crippen LogP contribution in [0.4, 0.5) is 0 Å². The predicted octanol–water partition coefficient (Wildman–Crippen LogP) is 4.26. The van der Waals surface area contributed by atoms with E-state index in [1.807, 2.05) is 12.1 Å². The number of Topliss-reactive ketones (excluding diaryl/α,β-unsaturated/α-hetero) is 2. The monoisotopic (exact) mass is 486 g/mol. The molecule has 0 amide bonds. The molecular formula is C19H21O2Tl. The van der Waals surface area contributed by atoms with Crippen LogP contribution in [0.25, 0.3) is 0 Å². The molecule has 0 fully saturated rings. The molecule has 0 radical (unpaired) electrons. The first-order valence-corrected chi connectivity index (χ1v) is 6.72. The van der Waals surface area contributed by atoms with E-state index in [0.717, 1.165) is 6.42 Å². The number of carbonyl (C=O) groups is 2. The van der Waals surface area contributed by atoms with Crippen LogP contribution < -0.4 is 0 Å². The Hall–Kier alpha value is -1.43. The van der Waals surface area contributed by atoms with Gasteiger partial charge in [0.05, 0.1) is 11.6 Å². The second-order valence-corrected chi connectivity index (χ2v) is 3.60. The number of ketones is 2. The number of hydrogen-bond donors (Lipinski definition) is 0. The van der Waals surface area contributed by atoms with Crippen molar-refractivity contribution in [1.82, 2.24) is 0 Å². The molecule has 0 aliphatic carbocycles. The Kier molecular flexibility index (Phi) is 15.1. The van der Waals surface area contributed by atoms with Gasteiger partial charge in [-0.15, -0.1) is 24.3 Å². The molecule has 0 aliphatic heterocycles. The summed E-state index contributed by atoms with van der Waals surface area (Å²) in [5.74, 6) is -0.529. The van der Waals surface area contributed by atoms with Gasteiger partial charge in [0, 0.05) is 0 Å². The summed E-state index contributed by atoms with van der Waals surface area (Å²) in [6.45, 7) is 10.0. The molecule has 0 spiro atoms. The molecule has 0 aromatic heterocycles. The Bertz CT molecular complexity index is 472. The minimum atomic E-state index is -0.264. The van der Waals surface area contributed by atoms with Gasteiger partial charge in [0.2, 0.25) is 0 Å². The van der Waals surface area contributed by atoms with Crippen molar-refractivity contribution in [2.24, 2.45) is 0 Å². The Morgan fingerprint density at radius 3 is 1.23 bits per heavy atom. The first kappa shape index (κ1) is 22.8. The molecule has 0 bridgehead atoms. The summed E-state index contributed by atoms with van der Waals surface area (Å²) in [4.78, 5) is 23.5. The van der Waals surface area contributed by atoms with Crippen molar-refractivity contribution < 1.29 is 9.59 Å². The topological polar surface area (TPSA) is 34.1 Å². The van der Waals surface area contributed by atoms with Crippen molar-refractivity contribution in [1.29, 1.82) is 0 Å². The van der Waals surface area contributed by atoms with E-state index < -0.39 is 0 Å². The molecule has 112 valence electrons. The second-order valence-electron chi connectivity index (χ2n) is 3.60. The molecule has 2 rings (SSSR count). The van der Waals surface area contributed by atoms with Gasteiger partial charge >= 0.3 is 27.3 Å². The number of benzene rings is 2. The van der Waals surface area contributed by atoms with Gasteiger partial charge in [0.25, 0.3) is 0 Å². The van der Waals surface area contributed by atoms with E-state index >= 15 is 0 Å². The van der Waals surface area contributed by atoms with Crippen molar-refractivity contribution in [3.63, 3.8) is 0 Å². The Labute approximate surface area is 154 Å². The Morgan fingerprint density at radius 2 is 0.955 bits per heavy atom. The molecule has 0 atom stereocenters. The van der Waals surface area contributed by atoms with Crippen LogP contribution in [0.1, 0.15) is 34.6 Å². The van der Waals surface area contributed by atoms with Crippen molar-refractivity contribution in [3.05, 3.63) is 92.1 Å². The first-order valence-electron chi connectivity index (χ1n) is 6.72. The van der Waals surface area contributed by atoms with Crippen LogP contribution in [-0.2, 0) is 0 Å². The van der Waals surface area contributed by atoms with Crippen molar-refractivity contribution in [2.75, 3.05) is 0 Å². The first-order chi connectivity index (χ1) is 10.3. The molecule has 0 aliphatic rings. The van der Waals surface area contributed by atoms with Crippen LogP contribution in [0.5, 0.6) is 0 Å². The normalized spacial score (nSPS) is 8.00. The third kappa shape index (κ3) is 8.12. The number of hydrogen-bond acceptors (Lipinski definition) is 2. The van der Waals surface area contributed by atoms with E-state index in [0.29, 0.717) is 11.1 Å². The zero-order valence-corrected chi connectivity index (χ0v) is 17.6. The van der Waals surface area contributed by atoms with Gasteiger partial charge in [-0.1, -0.05) is 53.9 Å². The average molecular weight is 486 g/mol. The quantitative estimate of drug-likeness (QED) is 0.281. The fourth-order valence-electron chi connectivity index (χ4n) is 1.49. The van der Waals surface area contributed by atoms with E-state index in [2.05, 4.69) is 13.8 Å².